The molecule has 1 fully saturated rings. The molecule has 0 N–H and O–H groups in total. The van der Waals surface area contributed by atoms with Gasteiger partial charge in [0.1, 0.15) is 11.6 Å². The summed E-state index contributed by atoms with van der Waals surface area (Å²) in [6, 6.07) is 8.98. The number of alkyl halides is 3. The van der Waals surface area contributed by atoms with Crippen LogP contribution in [-0.4, -0.2) is 49.2 Å². The highest BCUT2D eigenvalue weighted by Crippen LogP contribution is 2.37. The molecule has 0 aliphatic carbocycles. The van der Waals surface area contributed by atoms with Crippen LogP contribution in [0.25, 0.3) is 0 Å². The maximum atomic E-state index is 13.7. The van der Waals surface area contributed by atoms with Gasteiger partial charge in [0, 0.05) is 18.0 Å². The van der Waals surface area contributed by atoms with Gasteiger partial charge in [-0.1, -0.05) is 12.1 Å². The SMILES string of the molecule is CCN(c1ccc(C(F)(F)F)c(COCC2(c3ccc(F)cc3)CCN(C)CC2)n1)C(C)C. The maximum Gasteiger partial charge on any atom is 0.418 e. The first kappa shape index (κ1) is 25.4. The minimum Gasteiger partial charge on any atom is -0.374 e. The largest absolute Gasteiger partial charge is 0.418 e. The number of hydrogen-bond donors (Lipinski definition) is 0. The molecule has 1 aromatic carbocycles. The Bertz CT molecular complexity index is 907. The summed E-state index contributed by atoms with van der Waals surface area (Å²) in [4.78, 5) is 8.51. The molecule has 0 unspecified atom stereocenters. The van der Waals surface area contributed by atoms with Crippen molar-refractivity contribution in [2.24, 2.45) is 0 Å². The Kier molecular flexibility index (Phi) is 8.00. The van der Waals surface area contributed by atoms with E-state index in [1.54, 1.807) is 12.1 Å². The molecule has 2 heterocycles. The lowest BCUT2D eigenvalue weighted by atomic mass is 9.73. The quantitative estimate of drug-likeness (QED) is 0.469. The molecule has 1 aliphatic rings. The van der Waals surface area contributed by atoms with E-state index in [4.69, 9.17) is 4.74 Å². The van der Waals surface area contributed by atoms with Gasteiger partial charge in [-0.05, 0) is 83.6 Å². The van der Waals surface area contributed by atoms with E-state index in [0.29, 0.717) is 12.4 Å². The number of aromatic nitrogens is 1. The van der Waals surface area contributed by atoms with Crippen molar-refractivity contribution >= 4 is 5.82 Å². The van der Waals surface area contributed by atoms with E-state index in [1.807, 2.05) is 32.7 Å². The lowest BCUT2D eigenvalue weighted by Crippen LogP contribution is -2.43. The van der Waals surface area contributed by atoms with E-state index in [1.165, 1.54) is 18.2 Å². The van der Waals surface area contributed by atoms with Crippen molar-refractivity contribution in [1.82, 2.24) is 9.88 Å². The lowest BCUT2D eigenvalue weighted by Gasteiger charge is -2.41. The van der Waals surface area contributed by atoms with Crippen LogP contribution in [0.1, 0.15) is 50.4 Å². The molecule has 0 amide bonds. The summed E-state index contributed by atoms with van der Waals surface area (Å²) in [6.45, 7) is 8.22. The molecule has 1 saturated heterocycles. The minimum absolute atomic E-state index is 0.106. The van der Waals surface area contributed by atoms with Crippen molar-refractivity contribution in [1.29, 1.82) is 0 Å². The van der Waals surface area contributed by atoms with Crippen LogP contribution in [0, 0.1) is 5.82 Å². The number of likely N-dealkylation sites (tertiary alicyclic amines) is 1. The summed E-state index contributed by atoms with van der Waals surface area (Å²) in [6.07, 6.45) is -2.95. The van der Waals surface area contributed by atoms with Crippen molar-refractivity contribution in [3.8, 4) is 0 Å². The van der Waals surface area contributed by atoms with Crippen molar-refractivity contribution in [3.63, 3.8) is 0 Å². The van der Waals surface area contributed by atoms with Gasteiger partial charge in [0.05, 0.1) is 24.5 Å². The third kappa shape index (κ3) is 6.03. The van der Waals surface area contributed by atoms with Crippen LogP contribution in [0.2, 0.25) is 0 Å². The maximum absolute atomic E-state index is 13.7. The van der Waals surface area contributed by atoms with Crippen LogP contribution < -0.4 is 4.90 Å². The fourth-order valence-electron chi connectivity index (χ4n) is 4.52. The molecule has 33 heavy (non-hydrogen) atoms. The molecule has 8 heteroatoms. The number of pyridine rings is 1. The van der Waals surface area contributed by atoms with Crippen LogP contribution in [-0.2, 0) is 22.9 Å². The summed E-state index contributed by atoms with van der Waals surface area (Å²) in [7, 11) is 2.04. The molecule has 0 atom stereocenters. The topological polar surface area (TPSA) is 28.6 Å². The van der Waals surface area contributed by atoms with E-state index >= 15 is 0 Å². The Labute approximate surface area is 193 Å². The second kappa shape index (κ2) is 10.4. The number of rotatable bonds is 8. The molecule has 1 aliphatic heterocycles. The third-order valence-corrected chi connectivity index (χ3v) is 6.54. The van der Waals surface area contributed by atoms with E-state index < -0.39 is 11.7 Å². The van der Waals surface area contributed by atoms with Gasteiger partial charge in [-0.15, -0.1) is 0 Å². The molecular formula is C25H33F4N3O. The number of anilines is 1. The second-order valence-corrected chi connectivity index (χ2v) is 9.12. The zero-order valence-electron chi connectivity index (χ0n) is 19.8. The molecule has 3 rings (SSSR count). The average Bonchev–Trinajstić information content (AvgIpc) is 2.75. The summed E-state index contributed by atoms with van der Waals surface area (Å²) >= 11 is 0. The highest BCUT2D eigenvalue weighted by atomic mass is 19.4. The first-order valence-electron chi connectivity index (χ1n) is 11.4. The van der Waals surface area contributed by atoms with Gasteiger partial charge in [-0.3, -0.25) is 0 Å². The van der Waals surface area contributed by atoms with Gasteiger partial charge in [0.15, 0.2) is 0 Å². The van der Waals surface area contributed by atoms with Crippen LogP contribution in [0.15, 0.2) is 36.4 Å². The Balaban J connectivity index is 1.85. The third-order valence-electron chi connectivity index (χ3n) is 6.54. The second-order valence-electron chi connectivity index (χ2n) is 9.12. The van der Waals surface area contributed by atoms with Gasteiger partial charge in [-0.25, -0.2) is 9.37 Å². The Morgan fingerprint density at radius 3 is 2.27 bits per heavy atom. The van der Waals surface area contributed by atoms with Gasteiger partial charge in [0.2, 0.25) is 0 Å². The lowest BCUT2D eigenvalue weighted by molar-refractivity contribution is -0.139. The molecule has 0 saturated carbocycles. The monoisotopic (exact) mass is 467 g/mol. The van der Waals surface area contributed by atoms with E-state index in [-0.39, 0.29) is 36.2 Å². The number of halogens is 4. The Morgan fingerprint density at radius 2 is 1.73 bits per heavy atom. The Hall–Kier alpha value is -2.19. The van der Waals surface area contributed by atoms with Gasteiger partial charge >= 0.3 is 6.18 Å². The Morgan fingerprint density at radius 1 is 1.09 bits per heavy atom. The zero-order valence-corrected chi connectivity index (χ0v) is 19.8. The van der Waals surface area contributed by atoms with E-state index in [9.17, 15) is 17.6 Å². The van der Waals surface area contributed by atoms with Crippen LogP contribution in [0.4, 0.5) is 23.4 Å². The van der Waals surface area contributed by atoms with Gasteiger partial charge < -0.3 is 14.5 Å². The van der Waals surface area contributed by atoms with E-state index in [2.05, 4.69) is 9.88 Å². The van der Waals surface area contributed by atoms with Crippen molar-refractivity contribution in [2.45, 2.75) is 57.9 Å². The number of piperidine rings is 1. The fraction of sp³-hybridized carbons (Fsp3) is 0.560. The minimum atomic E-state index is -4.51. The molecule has 0 bridgehead atoms. The van der Waals surface area contributed by atoms with Crippen LogP contribution in [0.3, 0.4) is 0 Å². The predicted molar refractivity (Wildman–Crippen MR) is 122 cm³/mol. The summed E-state index contributed by atoms with van der Waals surface area (Å²) in [5, 5.41) is 0. The van der Waals surface area contributed by atoms with Crippen LogP contribution >= 0.6 is 0 Å². The van der Waals surface area contributed by atoms with Crippen molar-refractivity contribution in [3.05, 3.63) is 59.0 Å². The summed E-state index contributed by atoms with van der Waals surface area (Å²) < 4.78 is 60.5. The molecule has 2 aromatic rings. The first-order chi connectivity index (χ1) is 15.6. The fourth-order valence-corrected chi connectivity index (χ4v) is 4.52. The normalized spacial score (nSPS) is 16.9. The van der Waals surface area contributed by atoms with Gasteiger partial charge in [0.25, 0.3) is 0 Å². The number of hydrogen-bond acceptors (Lipinski definition) is 4. The van der Waals surface area contributed by atoms with Crippen molar-refractivity contribution < 1.29 is 22.3 Å². The smallest absolute Gasteiger partial charge is 0.374 e. The number of nitrogens with zero attached hydrogens (tertiary/aromatic N) is 3. The van der Waals surface area contributed by atoms with E-state index in [0.717, 1.165) is 37.6 Å². The molecular weight excluding hydrogens is 434 g/mol. The highest BCUT2D eigenvalue weighted by Gasteiger charge is 2.37. The molecule has 0 spiro atoms. The molecule has 0 radical (unpaired) electrons. The molecule has 4 nitrogen and oxygen atoms in total. The first-order valence-corrected chi connectivity index (χ1v) is 11.4. The van der Waals surface area contributed by atoms with Crippen molar-refractivity contribution in [2.75, 3.05) is 38.2 Å². The summed E-state index contributed by atoms with van der Waals surface area (Å²) in [5.74, 6) is 0.191. The van der Waals surface area contributed by atoms with Gasteiger partial charge in [-0.2, -0.15) is 13.2 Å². The number of ether oxygens (including phenoxy) is 1. The number of benzene rings is 1. The molecule has 1 aromatic heterocycles. The zero-order chi connectivity index (χ0) is 24.2. The highest BCUT2D eigenvalue weighted by molar-refractivity contribution is 5.43. The summed E-state index contributed by atoms with van der Waals surface area (Å²) in [5.41, 5.74) is -0.304. The standard InChI is InChI=1S/C25H33F4N3O/c1-5-32(18(2)3)23-11-10-21(25(27,28)29)22(30-23)16-33-17-24(12-14-31(4)15-13-24)19-6-8-20(26)9-7-19/h6-11,18H,5,12-17H2,1-4H3. The average molecular weight is 468 g/mol. The predicted octanol–water partition coefficient (Wildman–Crippen LogP) is 5.65. The van der Waals surface area contributed by atoms with Crippen LogP contribution in [0.5, 0.6) is 0 Å². The molecule has 182 valence electrons.